The van der Waals surface area contributed by atoms with Crippen LogP contribution in [0.5, 0.6) is 0 Å². The van der Waals surface area contributed by atoms with Crippen LogP contribution in [0.2, 0.25) is 0 Å². The maximum atomic E-state index is 12.1. The second kappa shape index (κ2) is 5.26. The predicted molar refractivity (Wildman–Crippen MR) is 73.4 cm³/mol. The zero-order chi connectivity index (χ0) is 14.0. The van der Waals surface area contributed by atoms with Crippen molar-refractivity contribution in [2.45, 2.75) is 32.7 Å². The SMILES string of the molecule is CCCN1C(=O)CC(C)Nc2cc([N+](=O)[O-])ccc21. The smallest absolute Gasteiger partial charge is 0.271 e. The Morgan fingerprint density at radius 3 is 2.89 bits per heavy atom. The van der Waals surface area contributed by atoms with Gasteiger partial charge < -0.3 is 10.2 Å². The van der Waals surface area contributed by atoms with Gasteiger partial charge in [-0.1, -0.05) is 6.92 Å². The van der Waals surface area contributed by atoms with Crippen LogP contribution in [0.15, 0.2) is 18.2 Å². The van der Waals surface area contributed by atoms with E-state index < -0.39 is 4.92 Å². The van der Waals surface area contributed by atoms with Crippen LogP contribution in [-0.4, -0.2) is 23.4 Å². The molecule has 0 radical (unpaired) electrons. The van der Waals surface area contributed by atoms with Gasteiger partial charge in [0.15, 0.2) is 0 Å². The molecular formula is C13H17N3O3. The third-order valence-electron chi connectivity index (χ3n) is 3.11. The first-order valence-electron chi connectivity index (χ1n) is 6.38. The highest BCUT2D eigenvalue weighted by atomic mass is 16.6. The summed E-state index contributed by atoms with van der Waals surface area (Å²) in [5.74, 6) is 0.0504. The Bertz CT molecular complexity index is 516. The summed E-state index contributed by atoms with van der Waals surface area (Å²) in [5.41, 5.74) is 1.41. The minimum Gasteiger partial charge on any atom is -0.380 e. The lowest BCUT2D eigenvalue weighted by atomic mass is 10.2. The number of anilines is 2. The Hall–Kier alpha value is -2.11. The lowest BCUT2D eigenvalue weighted by Crippen LogP contribution is -2.32. The van der Waals surface area contributed by atoms with Gasteiger partial charge in [0.05, 0.1) is 16.3 Å². The van der Waals surface area contributed by atoms with E-state index in [1.807, 2.05) is 13.8 Å². The Morgan fingerprint density at radius 1 is 1.53 bits per heavy atom. The van der Waals surface area contributed by atoms with E-state index in [0.717, 1.165) is 12.1 Å². The highest BCUT2D eigenvalue weighted by molar-refractivity contribution is 5.99. The molecule has 0 spiro atoms. The molecule has 1 aliphatic heterocycles. The molecule has 1 amide bonds. The van der Waals surface area contributed by atoms with Crippen LogP contribution in [0, 0.1) is 10.1 Å². The van der Waals surface area contributed by atoms with Crippen LogP contribution >= 0.6 is 0 Å². The van der Waals surface area contributed by atoms with E-state index in [9.17, 15) is 14.9 Å². The fourth-order valence-corrected chi connectivity index (χ4v) is 2.28. The first kappa shape index (κ1) is 13.3. The summed E-state index contributed by atoms with van der Waals surface area (Å²) < 4.78 is 0. The summed E-state index contributed by atoms with van der Waals surface area (Å²) in [7, 11) is 0. The molecule has 0 aromatic heterocycles. The van der Waals surface area contributed by atoms with Crippen LogP contribution in [0.3, 0.4) is 0 Å². The molecule has 1 atom stereocenters. The first-order chi connectivity index (χ1) is 9.02. The van der Waals surface area contributed by atoms with Gasteiger partial charge in [-0.2, -0.15) is 0 Å². The van der Waals surface area contributed by atoms with Crippen LogP contribution in [0.4, 0.5) is 17.1 Å². The van der Waals surface area contributed by atoms with Gasteiger partial charge in [-0.25, -0.2) is 0 Å². The topological polar surface area (TPSA) is 75.5 Å². The lowest BCUT2D eigenvalue weighted by Gasteiger charge is -2.21. The molecule has 6 heteroatoms. The number of non-ortho nitro benzene ring substituents is 1. The minimum atomic E-state index is -0.427. The van der Waals surface area contributed by atoms with Crippen molar-refractivity contribution in [1.29, 1.82) is 0 Å². The van der Waals surface area contributed by atoms with Crippen molar-refractivity contribution >= 4 is 23.0 Å². The van der Waals surface area contributed by atoms with Crippen molar-refractivity contribution < 1.29 is 9.72 Å². The second-order valence-electron chi connectivity index (χ2n) is 4.75. The van der Waals surface area contributed by atoms with Crippen LogP contribution in [0.25, 0.3) is 0 Å². The molecule has 1 unspecified atom stereocenters. The maximum absolute atomic E-state index is 12.1. The van der Waals surface area contributed by atoms with Gasteiger partial charge in [0.2, 0.25) is 5.91 Å². The molecule has 6 nitrogen and oxygen atoms in total. The van der Waals surface area contributed by atoms with E-state index in [1.165, 1.54) is 12.1 Å². The molecule has 19 heavy (non-hydrogen) atoms. The number of rotatable bonds is 3. The summed E-state index contributed by atoms with van der Waals surface area (Å²) in [6.07, 6.45) is 1.24. The van der Waals surface area contributed by atoms with Gasteiger partial charge in [0.1, 0.15) is 0 Å². The highest BCUT2D eigenvalue weighted by Gasteiger charge is 2.26. The number of nitrogens with zero attached hydrogens (tertiary/aromatic N) is 2. The first-order valence-corrected chi connectivity index (χ1v) is 6.38. The van der Waals surface area contributed by atoms with Crippen molar-refractivity contribution in [3.63, 3.8) is 0 Å². The van der Waals surface area contributed by atoms with Gasteiger partial charge in [-0.15, -0.1) is 0 Å². The number of nitro groups is 1. The minimum absolute atomic E-state index is 0.0317. The fourth-order valence-electron chi connectivity index (χ4n) is 2.28. The Balaban J connectivity index is 2.47. The monoisotopic (exact) mass is 263 g/mol. The molecule has 1 aromatic carbocycles. The van der Waals surface area contributed by atoms with E-state index in [2.05, 4.69) is 5.32 Å². The number of fused-ring (bicyclic) bond motifs is 1. The molecule has 0 aliphatic carbocycles. The molecule has 2 rings (SSSR count). The molecular weight excluding hydrogens is 246 g/mol. The number of hydrogen-bond acceptors (Lipinski definition) is 4. The number of carbonyl (C=O) groups is 1. The fraction of sp³-hybridized carbons (Fsp3) is 0.462. The quantitative estimate of drug-likeness (QED) is 0.671. The molecule has 0 saturated heterocycles. The van der Waals surface area contributed by atoms with Gasteiger partial charge in [0.25, 0.3) is 5.69 Å². The van der Waals surface area contributed by atoms with Gasteiger partial charge in [-0.05, 0) is 19.4 Å². The molecule has 102 valence electrons. The van der Waals surface area contributed by atoms with E-state index in [1.54, 1.807) is 11.0 Å². The molecule has 1 aliphatic rings. The lowest BCUT2D eigenvalue weighted by molar-refractivity contribution is -0.384. The summed E-state index contributed by atoms with van der Waals surface area (Å²) in [4.78, 5) is 24.2. The van der Waals surface area contributed by atoms with Crippen molar-refractivity contribution in [3.8, 4) is 0 Å². The normalized spacial score (nSPS) is 18.5. The van der Waals surface area contributed by atoms with E-state index in [-0.39, 0.29) is 17.6 Å². The molecule has 1 heterocycles. The standard InChI is InChI=1S/C13H17N3O3/c1-3-6-15-12-5-4-10(16(18)19)8-11(12)14-9(2)7-13(15)17/h4-5,8-9,14H,3,6-7H2,1-2H3. The molecule has 1 N–H and O–H groups in total. The second-order valence-corrected chi connectivity index (χ2v) is 4.75. The zero-order valence-electron chi connectivity index (χ0n) is 11.0. The largest absolute Gasteiger partial charge is 0.380 e. The van der Waals surface area contributed by atoms with Crippen molar-refractivity contribution in [2.75, 3.05) is 16.8 Å². The summed E-state index contributed by atoms with van der Waals surface area (Å²) in [6, 6.07) is 4.54. The Kier molecular flexibility index (Phi) is 3.69. The molecule has 1 aromatic rings. The Morgan fingerprint density at radius 2 is 2.26 bits per heavy atom. The summed E-state index contributed by atoms with van der Waals surface area (Å²) >= 11 is 0. The summed E-state index contributed by atoms with van der Waals surface area (Å²) in [5, 5.41) is 14.0. The van der Waals surface area contributed by atoms with E-state index in [0.29, 0.717) is 18.7 Å². The number of hydrogen-bond donors (Lipinski definition) is 1. The van der Waals surface area contributed by atoms with Crippen LogP contribution in [0.1, 0.15) is 26.7 Å². The van der Waals surface area contributed by atoms with E-state index in [4.69, 9.17) is 0 Å². The van der Waals surface area contributed by atoms with Crippen molar-refractivity contribution in [2.24, 2.45) is 0 Å². The maximum Gasteiger partial charge on any atom is 0.271 e. The van der Waals surface area contributed by atoms with Crippen LogP contribution in [-0.2, 0) is 4.79 Å². The van der Waals surface area contributed by atoms with Crippen molar-refractivity contribution in [1.82, 2.24) is 0 Å². The average molecular weight is 263 g/mol. The van der Waals surface area contributed by atoms with Gasteiger partial charge in [0, 0.05) is 31.1 Å². The number of carbonyl (C=O) groups excluding carboxylic acids is 1. The number of nitrogens with one attached hydrogen (secondary N) is 1. The van der Waals surface area contributed by atoms with Gasteiger partial charge in [-0.3, -0.25) is 14.9 Å². The molecule has 0 bridgehead atoms. The molecule has 0 fully saturated rings. The zero-order valence-corrected chi connectivity index (χ0v) is 11.0. The van der Waals surface area contributed by atoms with Gasteiger partial charge >= 0.3 is 0 Å². The van der Waals surface area contributed by atoms with Crippen molar-refractivity contribution in [3.05, 3.63) is 28.3 Å². The third-order valence-corrected chi connectivity index (χ3v) is 3.11. The highest BCUT2D eigenvalue weighted by Crippen LogP contribution is 2.33. The molecule has 0 saturated carbocycles. The summed E-state index contributed by atoms with van der Waals surface area (Å²) in [6.45, 7) is 4.52. The Labute approximate surface area is 111 Å². The number of nitro benzene ring substituents is 1. The van der Waals surface area contributed by atoms with E-state index >= 15 is 0 Å². The number of amides is 1. The number of benzene rings is 1. The van der Waals surface area contributed by atoms with Crippen LogP contribution < -0.4 is 10.2 Å². The average Bonchev–Trinajstić information content (AvgIpc) is 2.46. The predicted octanol–water partition coefficient (Wildman–Crippen LogP) is 2.54. The third kappa shape index (κ3) is 2.67.